The molecule has 1 rings (SSSR count). The van der Waals surface area contributed by atoms with E-state index in [0.717, 1.165) is 6.07 Å². The number of hydrogen-bond donors (Lipinski definition) is 2. The average molecular weight is 319 g/mol. The number of carbonyl (C=O) groups is 1. The van der Waals surface area contributed by atoms with E-state index in [9.17, 15) is 18.0 Å². The Morgan fingerprint density at radius 3 is 2.52 bits per heavy atom. The summed E-state index contributed by atoms with van der Waals surface area (Å²) >= 11 is 4.75. The highest BCUT2D eigenvalue weighted by Gasteiger charge is 2.33. The zero-order chi connectivity index (χ0) is 16.2. The average Bonchev–Trinajstić information content (AvgIpc) is 2.36. The number of halogens is 3. The standard InChI is InChI=1S/C13H16F3N3OS/c1-8(7-11(17)21)19(2)12(20)18-10-6-4-3-5-9(10)13(14,15)16/h3-6,8H,7H2,1-2H3,(H2,17,21)(H,18,20). The first-order chi connectivity index (χ1) is 9.62. The van der Waals surface area contributed by atoms with E-state index in [4.69, 9.17) is 18.0 Å². The lowest BCUT2D eigenvalue weighted by molar-refractivity contribution is -0.136. The molecular formula is C13H16F3N3OS. The first-order valence-corrected chi connectivity index (χ1v) is 6.52. The van der Waals surface area contributed by atoms with Crippen molar-refractivity contribution in [2.45, 2.75) is 25.6 Å². The maximum absolute atomic E-state index is 12.8. The molecule has 0 saturated heterocycles. The fourth-order valence-electron chi connectivity index (χ4n) is 1.67. The number of nitrogens with one attached hydrogen (secondary N) is 1. The Labute approximate surface area is 126 Å². The molecule has 116 valence electrons. The summed E-state index contributed by atoms with van der Waals surface area (Å²) in [4.78, 5) is 13.5. The summed E-state index contributed by atoms with van der Waals surface area (Å²) < 4.78 is 38.5. The Bertz CT molecular complexity index is 534. The Hall–Kier alpha value is -1.83. The van der Waals surface area contributed by atoms with Crippen molar-refractivity contribution in [3.8, 4) is 0 Å². The molecule has 0 aliphatic rings. The SMILES string of the molecule is CC(CC(N)=S)N(C)C(=O)Nc1ccccc1C(F)(F)F. The Morgan fingerprint density at radius 1 is 1.43 bits per heavy atom. The van der Waals surface area contributed by atoms with Gasteiger partial charge in [-0.05, 0) is 19.1 Å². The second kappa shape index (κ2) is 6.75. The monoisotopic (exact) mass is 319 g/mol. The van der Waals surface area contributed by atoms with E-state index in [-0.39, 0.29) is 16.7 Å². The lowest BCUT2D eigenvalue weighted by Gasteiger charge is -2.25. The van der Waals surface area contributed by atoms with Crippen LogP contribution < -0.4 is 11.1 Å². The first-order valence-electron chi connectivity index (χ1n) is 6.11. The van der Waals surface area contributed by atoms with Crippen LogP contribution in [0.3, 0.4) is 0 Å². The summed E-state index contributed by atoms with van der Waals surface area (Å²) in [6.45, 7) is 1.70. The smallest absolute Gasteiger partial charge is 0.393 e. The normalized spacial score (nSPS) is 12.6. The van der Waals surface area contributed by atoms with Crippen molar-refractivity contribution in [1.29, 1.82) is 0 Å². The second-order valence-corrected chi connectivity index (χ2v) is 5.13. The highest BCUT2D eigenvalue weighted by atomic mass is 32.1. The summed E-state index contributed by atoms with van der Waals surface area (Å²) in [6.07, 6.45) is -4.24. The predicted octanol–water partition coefficient (Wildman–Crippen LogP) is 3.23. The predicted molar refractivity (Wildman–Crippen MR) is 79.1 cm³/mol. The third-order valence-electron chi connectivity index (χ3n) is 2.95. The summed E-state index contributed by atoms with van der Waals surface area (Å²) in [5, 5.41) is 2.25. The van der Waals surface area contributed by atoms with Crippen molar-refractivity contribution in [2.75, 3.05) is 12.4 Å². The van der Waals surface area contributed by atoms with Gasteiger partial charge in [0.25, 0.3) is 0 Å². The summed E-state index contributed by atoms with van der Waals surface area (Å²) in [6, 6.07) is 3.82. The molecule has 1 aromatic rings. The van der Waals surface area contributed by atoms with Gasteiger partial charge in [-0.25, -0.2) is 4.79 Å². The van der Waals surface area contributed by atoms with Gasteiger partial charge in [0.1, 0.15) is 0 Å². The fraction of sp³-hybridized carbons (Fsp3) is 0.385. The third kappa shape index (κ3) is 4.89. The van der Waals surface area contributed by atoms with Gasteiger partial charge in [0.2, 0.25) is 0 Å². The summed E-state index contributed by atoms with van der Waals surface area (Å²) in [7, 11) is 1.47. The molecule has 3 N–H and O–H groups in total. The molecule has 21 heavy (non-hydrogen) atoms. The van der Waals surface area contributed by atoms with Gasteiger partial charge in [-0.2, -0.15) is 13.2 Å². The summed E-state index contributed by atoms with van der Waals surface area (Å²) in [5.74, 6) is 0. The van der Waals surface area contributed by atoms with E-state index >= 15 is 0 Å². The molecule has 1 atom stereocenters. The van der Waals surface area contributed by atoms with Crippen LogP contribution in [0.25, 0.3) is 0 Å². The van der Waals surface area contributed by atoms with Gasteiger partial charge in [-0.15, -0.1) is 0 Å². The highest BCUT2D eigenvalue weighted by molar-refractivity contribution is 7.80. The molecule has 4 nitrogen and oxygen atoms in total. The minimum Gasteiger partial charge on any atom is -0.393 e. The van der Waals surface area contributed by atoms with Crippen LogP contribution in [-0.2, 0) is 6.18 Å². The Balaban J connectivity index is 2.87. The number of anilines is 1. The van der Waals surface area contributed by atoms with Gasteiger partial charge in [0.15, 0.2) is 0 Å². The van der Waals surface area contributed by atoms with Gasteiger partial charge < -0.3 is 16.0 Å². The molecule has 0 fully saturated rings. The molecule has 0 radical (unpaired) electrons. The number of para-hydroxylation sites is 1. The van der Waals surface area contributed by atoms with E-state index in [1.165, 1.54) is 30.1 Å². The molecule has 0 aliphatic carbocycles. The number of carbonyl (C=O) groups excluding carboxylic acids is 1. The van der Waals surface area contributed by atoms with Crippen LogP contribution in [0, 0.1) is 0 Å². The van der Waals surface area contributed by atoms with Crippen molar-refractivity contribution < 1.29 is 18.0 Å². The number of hydrogen-bond acceptors (Lipinski definition) is 2. The number of rotatable bonds is 4. The van der Waals surface area contributed by atoms with Gasteiger partial charge >= 0.3 is 12.2 Å². The molecule has 0 heterocycles. The van der Waals surface area contributed by atoms with Gasteiger partial charge in [0.05, 0.1) is 16.2 Å². The van der Waals surface area contributed by atoms with Crippen LogP contribution in [0.15, 0.2) is 24.3 Å². The molecule has 0 bridgehead atoms. The van der Waals surface area contributed by atoms with Crippen LogP contribution in [0.5, 0.6) is 0 Å². The molecule has 8 heteroatoms. The highest BCUT2D eigenvalue weighted by Crippen LogP contribution is 2.34. The van der Waals surface area contributed by atoms with Crippen molar-refractivity contribution in [3.05, 3.63) is 29.8 Å². The largest absolute Gasteiger partial charge is 0.418 e. The van der Waals surface area contributed by atoms with Crippen LogP contribution in [0.2, 0.25) is 0 Å². The Kier molecular flexibility index (Phi) is 5.54. The zero-order valence-corrected chi connectivity index (χ0v) is 12.4. The van der Waals surface area contributed by atoms with E-state index in [2.05, 4.69) is 5.32 Å². The van der Waals surface area contributed by atoms with Crippen LogP contribution in [0.1, 0.15) is 18.9 Å². The van der Waals surface area contributed by atoms with Crippen LogP contribution in [0.4, 0.5) is 23.7 Å². The van der Waals surface area contributed by atoms with Crippen LogP contribution >= 0.6 is 12.2 Å². The lowest BCUT2D eigenvalue weighted by atomic mass is 10.1. The number of urea groups is 1. The Morgan fingerprint density at radius 2 is 2.00 bits per heavy atom. The molecule has 0 aromatic heterocycles. The number of nitrogens with zero attached hydrogens (tertiary/aromatic N) is 1. The number of nitrogens with two attached hydrogens (primary N) is 1. The van der Waals surface area contributed by atoms with Crippen LogP contribution in [-0.4, -0.2) is 29.0 Å². The van der Waals surface area contributed by atoms with E-state index in [1.54, 1.807) is 6.92 Å². The third-order valence-corrected chi connectivity index (χ3v) is 3.12. The van der Waals surface area contributed by atoms with Crippen molar-refractivity contribution >= 4 is 28.9 Å². The minimum absolute atomic E-state index is 0.234. The number of amides is 2. The number of benzene rings is 1. The molecule has 2 amide bonds. The fourth-order valence-corrected chi connectivity index (χ4v) is 1.91. The lowest BCUT2D eigenvalue weighted by Crippen LogP contribution is -2.40. The van der Waals surface area contributed by atoms with Crippen molar-refractivity contribution in [1.82, 2.24) is 4.90 Å². The number of thiocarbonyl (C=S) groups is 1. The minimum atomic E-state index is -4.53. The zero-order valence-electron chi connectivity index (χ0n) is 11.6. The first kappa shape index (κ1) is 17.2. The van der Waals surface area contributed by atoms with Gasteiger partial charge in [-0.1, -0.05) is 24.4 Å². The number of alkyl halides is 3. The molecule has 0 saturated carbocycles. The maximum Gasteiger partial charge on any atom is 0.418 e. The van der Waals surface area contributed by atoms with Crippen molar-refractivity contribution in [3.63, 3.8) is 0 Å². The summed E-state index contributed by atoms with van der Waals surface area (Å²) in [5.41, 5.74) is 4.21. The van der Waals surface area contributed by atoms with E-state index in [0.29, 0.717) is 6.42 Å². The quantitative estimate of drug-likeness (QED) is 0.838. The molecule has 1 aromatic carbocycles. The van der Waals surface area contributed by atoms with Gasteiger partial charge in [0, 0.05) is 19.5 Å². The molecule has 0 spiro atoms. The van der Waals surface area contributed by atoms with E-state index in [1.807, 2.05) is 0 Å². The van der Waals surface area contributed by atoms with Gasteiger partial charge in [-0.3, -0.25) is 0 Å². The molecular weight excluding hydrogens is 303 g/mol. The molecule has 0 aliphatic heterocycles. The molecule has 1 unspecified atom stereocenters. The topological polar surface area (TPSA) is 58.4 Å². The van der Waals surface area contributed by atoms with E-state index < -0.39 is 17.8 Å². The second-order valence-electron chi connectivity index (χ2n) is 4.60. The van der Waals surface area contributed by atoms with Crippen molar-refractivity contribution in [2.24, 2.45) is 5.73 Å². The maximum atomic E-state index is 12.8.